The highest BCUT2D eigenvalue weighted by Crippen LogP contribution is 2.41. The van der Waals surface area contributed by atoms with Gasteiger partial charge >= 0.3 is 5.97 Å². The Morgan fingerprint density at radius 1 is 1.18 bits per heavy atom. The normalized spacial score (nSPS) is 19.7. The van der Waals surface area contributed by atoms with Crippen molar-refractivity contribution in [1.82, 2.24) is 25.1 Å². The maximum absolute atomic E-state index is 13.7. The number of nitrogens with zero attached hydrogens (tertiary/aromatic N) is 5. The SMILES string of the molecule is Cn1nnnc1SCC1=C(C(=O)OC(c2ccccc2)c2ccccc2)N2C(=O)[C@@H](N)[C@H]2SC1. The number of ether oxygens (including phenoxy) is 1. The number of amides is 1. The zero-order valence-electron chi connectivity index (χ0n) is 18.3. The van der Waals surface area contributed by atoms with Crippen LogP contribution in [-0.2, 0) is 21.4 Å². The largest absolute Gasteiger partial charge is 0.448 e. The number of rotatable bonds is 7. The number of benzene rings is 2. The number of esters is 1. The van der Waals surface area contributed by atoms with E-state index in [4.69, 9.17) is 10.5 Å². The quantitative estimate of drug-likeness (QED) is 0.299. The number of tetrazole rings is 1. The third-order valence-corrected chi connectivity index (χ3v) is 8.13. The van der Waals surface area contributed by atoms with Crippen LogP contribution < -0.4 is 5.73 Å². The van der Waals surface area contributed by atoms with Gasteiger partial charge in [-0.2, -0.15) is 0 Å². The molecule has 0 bridgehead atoms. The predicted molar refractivity (Wildman–Crippen MR) is 128 cm³/mol. The van der Waals surface area contributed by atoms with Gasteiger partial charge in [-0.15, -0.1) is 16.9 Å². The number of fused-ring (bicyclic) bond motifs is 1. The van der Waals surface area contributed by atoms with Crippen LogP contribution in [0.25, 0.3) is 0 Å². The van der Waals surface area contributed by atoms with E-state index in [1.807, 2.05) is 60.7 Å². The number of carbonyl (C=O) groups excluding carboxylic acids is 2. The average molecular weight is 495 g/mol. The van der Waals surface area contributed by atoms with E-state index in [0.29, 0.717) is 16.7 Å². The smallest absolute Gasteiger partial charge is 0.356 e. The molecule has 0 spiro atoms. The number of β-lactam (4-membered cyclic amide) rings is 1. The Morgan fingerprint density at radius 3 is 2.41 bits per heavy atom. The van der Waals surface area contributed by atoms with Gasteiger partial charge in [-0.05, 0) is 27.1 Å². The monoisotopic (exact) mass is 494 g/mol. The summed E-state index contributed by atoms with van der Waals surface area (Å²) in [5, 5.41) is 11.8. The molecule has 1 aromatic heterocycles. The number of hydrogen-bond donors (Lipinski definition) is 1. The van der Waals surface area contributed by atoms with Crippen molar-refractivity contribution in [2.75, 3.05) is 11.5 Å². The second-order valence-electron chi connectivity index (χ2n) is 7.87. The molecular weight excluding hydrogens is 472 g/mol. The summed E-state index contributed by atoms with van der Waals surface area (Å²) in [6.07, 6.45) is -0.614. The highest BCUT2D eigenvalue weighted by Gasteiger charge is 2.52. The first kappa shape index (κ1) is 22.6. The van der Waals surface area contributed by atoms with Gasteiger partial charge in [0.25, 0.3) is 0 Å². The molecule has 5 rings (SSSR count). The molecule has 0 aliphatic carbocycles. The van der Waals surface area contributed by atoms with Crippen molar-refractivity contribution >= 4 is 35.4 Å². The van der Waals surface area contributed by atoms with Gasteiger partial charge in [0.05, 0.1) is 0 Å². The molecule has 2 atom stereocenters. The van der Waals surface area contributed by atoms with Crippen LogP contribution in [0.5, 0.6) is 0 Å². The molecule has 1 saturated heterocycles. The number of nitrogens with two attached hydrogens (primary N) is 1. The van der Waals surface area contributed by atoms with E-state index < -0.39 is 18.1 Å². The molecule has 2 N–H and O–H groups in total. The molecule has 34 heavy (non-hydrogen) atoms. The number of carbonyl (C=O) groups is 2. The second-order valence-corrected chi connectivity index (χ2v) is 9.92. The van der Waals surface area contributed by atoms with E-state index >= 15 is 0 Å². The summed E-state index contributed by atoms with van der Waals surface area (Å²) >= 11 is 2.95. The van der Waals surface area contributed by atoms with Crippen LogP contribution in [0.15, 0.2) is 77.1 Å². The van der Waals surface area contributed by atoms with Crippen molar-refractivity contribution in [3.05, 3.63) is 83.1 Å². The van der Waals surface area contributed by atoms with Crippen molar-refractivity contribution in [3.8, 4) is 0 Å². The topological polar surface area (TPSA) is 116 Å². The molecule has 1 amide bonds. The molecule has 9 nitrogen and oxygen atoms in total. The lowest BCUT2D eigenvalue weighted by Crippen LogP contribution is -2.68. The van der Waals surface area contributed by atoms with Gasteiger partial charge in [-0.25, -0.2) is 9.48 Å². The van der Waals surface area contributed by atoms with Gasteiger partial charge < -0.3 is 10.5 Å². The summed E-state index contributed by atoms with van der Waals surface area (Å²) in [4.78, 5) is 27.8. The van der Waals surface area contributed by atoms with Crippen LogP contribution in [0.1, 0.15) is 17.2 Å². The zero-order valence-corrected chi connectivity index (χ0v) is 19.9. The molecule has 0 unspecified atom stereocenters. The minimum absolute atomic E-state index is 0.271. The van der Waals surface area contributed by atoms with Crippen LogP contribution in [0.2, 0.25) is 0 Å². The molecule has 11 heteroatoms. The molecule has 2 aliphatic rings. The Morgan fingerprint density at radius 2 is 1.82 bits per heavy atom. The van der Waals surface area contributed by atoms with Gasteiger partial charge in [0, 0.05) is 18.6 Å². The first-order chi connectivity index (χ1) is 16.5. The second kappa shape index (κ2) is 9.61. The Labute approximate surface area is 204 Å². The highest BCUT2D eigenvalue weighted by atomic mass is 32.2. The summed E-state index contributed by atoms with van der Waals surface area (Å²) in [7, 11) is 1.75. The fraction of sp³-hybridized carbons (Fsp3) is 0.261. The van der Waals surface area contributed by atoms with Crippen molar-refractivity contribution in [1.29, 1.82) is 0 Å². The Balaban J connectivity index is 1.47. The third-order valence-electron chi connectivity index (χ3n) is 5.67. The first-order valence-electron chi connectivity index (χ1n) is 10.6. The summed E-state index contributed by atoms with van der Waals surface area (Å²) in [6, 6.07) is 18.5. The molecule has 0 radical (unpaired) electrons. The Hall–Kier alpha value is -3.15. The van der Waals surface area contributed by atoms with Crippen LogP contribution in [0, 0.1) is 0 Å². The summed E-state index contributed by atoms with van der Waals surface area (Å²) in [6.45, 7) is 0. The molecule has 174 valence electrons. The lowest BCUT2D eigenvalue weighted by Gasteiger charge is -2.48. The number of thioether (sulfide) groups is 2. The van der Waals surface area contributed by atoms with Gasteiger partial charge in [0.1, 0.15) is 17.1 Å². The highest BCUT2D eigenvalue weighted by molar-refractivity contribution is 8.01. The van der Waals surface area contributed by atoms with Crippen molar-refractivity contribution < 1.29 is 14.3 Å². The van der Waals surface area contributed by atoms with Gasteiger partial charge in [0.15, 0.2) is 6.10 Å². The van der Waals surface area contributed by atoms with Crippen LogP contribution in [0.3, 0.4) is 0 Å². The fourth-order valence-corrected chi connectivity index (χ4v) is 6.20. The molecule has 3 aromatic rings. The number of aromatic nitrogens is 4. The maximum atomic E-state index is 13.7. The van der Waals surface area contributed by atoms with Crippen molar-refractivity contribution in [2.24, 2.45) is 12.8 Å². The van der Waals surface area contributed by atoms with E-state index in [0.717, 1.165) is 16.7 Å². The molecule has 0 saturated carbocycles. The van der Waals surface area contributed by atoms with Gasteiger partial charge in [0.2, 0.25) is 11.1 Å². The van der Waals surface area contributed by atoms with E-state index in [1.54, 1.807) is 23.5 Å². The van der Waals surface area contributed by atoms with E-state index in [2.05, 4.69) is 15.5 Å². The number of hydrogen-bond acceptors (Lipinski definition) is 9. The van der Waals surface area contributed by atoms with E-state index in [1.165, 1.54) is 16.7 Å². The lowest BCUT2D eigenvalue weighted by atomic mass is 10.0. The average Bonchev–Trinajstić information content (AvgIpc) is 3.30. The third kappa shape index (κ3) is 4.22. The maximum Gasteiger partial charge on any atom is 0.356 e. The van der Waals surface area contributed by atoms with Crippen LogP contribution in [0.4, 0.5) is 0 Å². The molecule has 2 aliphatic heterocycles. The lowest BCUT2D eigenvalue weighted by molar-refractivity contribution is -0.153. The number of aryl methyl sites for hydroxylation is 1. The minimum Gasteiger partial charge on any atom is -0.448 e. The summed E-state index contributed by atoms with van der Waals surface area (Å²) in [5.41, 5.74) is 8.77. The van der Waals surface area contributed by atoms with Gasteiger partial charge in [-0.1, -0.05) is 72.4 Å². The Kier molecular flexibility index (Phi) is 6.40. The minimum atomic E-state index is -0.621. The molecular formula is C23H22N6O3S2. The van der Waals surface area contributed by atoms with E-state index in [9.17, 15) is 9.59 Å². The molecule has 3 heterocycles. The Bertz CT molecular complexity index is 1190. The zero-order chi connectivity index (χ0) is 23.7. The van der Waals surface area contributed by atoms with Crippen LogP contribution >= 0.6 is 23.5 Å². The van der Waals surface area contributed by atoms with Gasteiger partial charge in [-0.3, -0.25) is 9.69 Å². The fourth-order valence-electron chi connectivity index (χ4n) is 3.92. The van der Waals surface area contributed by atoms with E-state index in [-0.39, 0.29) is 17.0 Å². The first-order valence-corrected chi connectivity index (χ1v) is 12.7. The van der Waals surface area contributed by atoms with Crippen molar-refractivity contribution in [3.63, 3.8) is 0 Å². The standard InChI is InChI=1S/C23H22N6O3S2/c1-28-23(25-26-27-28)34-13-16-12-33-21-17(24)20(30)29(21)18(16)22(31)32-19(14-8-4-2-5-9-14)15-10-6-3-7-11-15/h2-11,17,19,21H,12-13,24H2,1H3/t17-,21-/m1/s1. The van der Waals surface area contributed by atoms with Crippen LogP contribution in [-0.4, -0.2) is 59.9 Å². The summed E-state index contributed by atoms with van der Waals surface area (Å²) in [5.74, 6) is 0.183. The summed E-state index contributed by atoms with van der Waals surface area (Å²) < 4.78 is 7.66. The predicted octanol–water partition coefficient (Wildman–Crippen LogP) is 2.13. The molecule has 1 fully saturated rings. The van der Waals surface area contributed by atoms with Crippen molar-refractivity contribution in [2.45, 2.75) is 22.7 Å². The molecule has 2 aromatic carbocycles.